The van der Waals surface area contributed by atoms with Gasteiger partial charge in [0.2, 0.25) is 0 Å². The molecule has 6 heterocycles. The average Bonchev–Trinajstić information content (AvgIpc) is 3.81. The minimum atomic E-state index is -0.311. The Morgan fingerprint density at radius 3 is 1.30 bits per heavy atom. The number of nitrogens with zero attached hydrogens (tertiary/aromatic N) is 8. The number of urea groups is 2. The third-order valence-electron chi connectivity index (χ3n) is 11.8. The van der Waals surface area contributed by atoms with Crippen LogP contribution in [0.3, 0.4) is 0 Å². The SMILES string of the molecule is C.CCC1CC[C@@H](C#N)NC1.CCC1CC[C@@H](C#N)NC1.IC(I)I.ICI.O=CO[O-].[C-]#[N+][C@@H]1CC[C@@H]2CN1C(=O)N2OCc1ccccc1.[C-]#[N+][C@@H]1CC[C@H]2CN1C(=O)N2OCc1ccccc1.[CH2-]I.[Na+].[V]. The van der Waals surface area contributed by atoms with Crippen molar-refractivity contribution in [1.82, 2.24) is 30.6 Å². The molecule has 2 unspecified atom stereocenters. The van der Waals surface area contributed by atoms with Gasteiger partial charge in [0.05, 0.1) is 51.8 Å². The minimum Gasteiger partial charge on any atom is -0.662 e. The normalized spacial score (nSPS) is 23.2. The van der Waals surface area contributed by atoms with E-state index in [1.54, 1.807) is 9.80 Å². The van der Waals surface area contributed by atoms with Crippen molar-refractivity contribution in [2.24, 2.45) is 11.8 Å². The maximum Gasteiger partial charge on any atom is 1.00 e. The van der Waals surface area contributed by atoms with Crippen molar-refractivity contribution in [2.75, 3.05) is 28.6 Å². The van der Waals surface area contributed by atoms with Gasteiger partial charge in [-0.15, -0.1) is 0 Å². The number of carbonyl (C=O) groups excluding carboxylic acids is 3. The summed E-state index contributed by atoms with van der Waals surface area (Å²) in [4.78, 5) is 60.3. The number of nitrogens with one attached hydrogen (secondary N) is 2. The van der Waals surface area contributed by atoms with Gasteiger partial charge in [-0.25, -0.2) is 22.7 Å². The Bertz CT molecular complexity index is 1810. The maximum atomic E-state index is 12.2. The van der Waals surface area contributed by atoms with Crippen molar-refractivity contribution >= 4 is 154 Å². The van der Waals surface area contributed by atoms with E-state index in [1.807, 2.05) is 83.3 Å². The van der Waals surface area contributed by atoms with Crippen molar-refractivity contribution < 1.29 is 82.3 Å². The molecular formula is C49H68I6N10NaO7V-. The maximum absolute atomic E-state index is 12.2. The summed E-state index contributed by atoms with van der Waals surface area (Å²) in [5, 5.41) is 34.8. The molecule has 6 aliphatic rings. The fourth-order valence-electron chi connectivity index (χ4n) is 8.01. The molecule has 17 nitrogen and oxygen atoms in total. The number of benzene rings is 2. The summed E-state index contributed by atoms with van der Waals surface area (Å²) in [5.41, 5.74) is 2.07. The molecule has 4 bridgehead atoms. The van der Waals surface area contributed by atoms with Crippen LogP contribution in [0.25, 0.3) is 9.69 Å². The van der Waals surface area contributed by atoms with Gasteiger partial charge in [0.1, 0.15) is 13.2 Å². The zero-order valence-electron chi connectivity index (χ0n) is 41.4. The van der Waals surface area contributed by atoms with Gasteiger partial charge in [0, 0.05) is 31.4 Å². The van der Waals surface area contributed by atoms with Crippen molar-refractivity contribution in [3.8, 4) is 12.1 Å². The summed E-state index contributed by atoms with van der Waals surface area (Å²) < 4.78 is 1.93. The second-order valence-electron chi connectivity index (χ2n) is 16.1. The van der Waals surface area contributed by atoms with Gasteiger partial charge in [0.25, 0.3) is 6.47 Å². The van der Waals surface area contributed by atoms with E-state index in [1.165, 1.54) is 38.2 Å². The number of piperidine rings is 4. The van der Waals surface area contributed by atoms with Crippen LogP contribution in [0.1, 0.15) is 96.6 Å². The topological polar surface area (TPSA) is 195 Å². The molecule has 74 heavy (non-hydrogen) atoms. The fourth-order valence-corrected chi connectivity index (χ4v) is 8.01. The van der Waals surface area contributed by atoms with E-state index in [9.17, 15) is 9.59 Å². The molecule has 6 fully saturated rings. The monoisotopic (exact) mass is 1740 g/mol. The molecule has 0 aliphatic carbocycles. The zero-order chi connectivity index (χ0) is 53.0. The van der Waals surface area contributed by atoms with E-state index in [4.69, 9.17) is 43.4 Å². The first-order valence-electron chi connectivity index (χ1n) is 22.9. The van der Waals surface area contributed by atoms with E-state index < -0.39 is 0 Å². The van der Waals surface area contributed by atoms with Gasteiger partial charge in [-0.2, -0.15) is 20.7 Å². The van der Waals surface area contributed by atoms with E-state index in [0.717, 1.165) is 74.5 Å². The first kappa shape index (κ1) is 78.4. The Morgan fingerprint density at radius 2 is 1.05 bits per heavy atom. The molecule has 8 rings (SSSR count). The molecular weight excluding hydrogens is 1680 g/mol. The van der Waals surface area contributed by atoms with Crippen molar-refractivity contribution in [3.63, 3.8) is 0 Å². The van der Waals surface area contributed by atoms with Crippen molar-refractivity contribution in [1.29, 1.82) is 10.5 Å². The number of fused-ring (bicyclic) bond motifs is 4. The van der Waals surface area contributed by atoms with E-state index >= 15 is 0 Å². The molecule has 8 atom stereocenters. The van der Waals surface area contributed by atoms with Crippen molar-refractivity contribution in [2.45, 2.75) is 135 Å². The van der Waals surface area contributed by atoms with Crippen molar-refractivity contribution in [3.05, 3.63) is 99.6 Å². The van der Waals surface area contributed by atoms with Crippen LogP contribution >= 0.6 is 136 Å². The number of nitriles is 2. The molecule has 4 amide bonds. The molecule has 2 aromatic rings. The Balaban J connectivity index is -0.000000855. The fraction of sp³-hybridized carbons (Fsp3) is 0.592. The first-order chi connectivity index (χ1) is 34.4. The predicted octanol–water partition coefficient (Wildman–Crippen LogP) is 8.78. The average molecular weight is 1740 g/mol. The third-order valence-corrected chi connectivity index (χ3v) is 11.8. The van der Waals surface area contributed by atoms with Crippen LogP contribution in [0.5, 0.6) is 0 Å². The summed E-state index contributed by atoms with van der Waals surface area (Å²) in [6, 6.07) is 24.1. The van der Waals surface area contributed by atoms with E-state index in [0.29, 0.717) is 26.3 Å². The summed E-state index contributed by atoms with van der Waals surface area (Å²) in [7, 11) is 0. The molecule has 1 radical (unpaired) electrons. The number of rotatable bonds is 9. The summed E-state index contributed by atoms with van der Waals surface area (Å²) in [6.07, 6.45) is 9.54. The molecule has 405 valence electrons. The van der Waals surface area contributed by atoms with Crippen LogP contribution in [0.4, 0.5) is 9.59 Å². The predicted molar refractivity (Wildman–Crippen MR) is 330 cm³/mol. The van der Waals surface area contributed by atoms with E-state index in [-0.39, 0.29) is 111 Å². The molecule has 6 saturated heterocycles. The Labute approximate surface area is 557 Å². The molecule has 0 spiro atoms. The quantitative estimate of drug-likeness (QED) is 0.0464. The molecule has 2 aromatic carbocycles. The van der Waals surface area contributed by atoms with Crippen LogP contribution < -0.4 is 45.4 Å². The van der Waals surface area contributed by atoms with Gasteiger partial charge in [0.15, 0.2) is 0 Å². The molecule has 6 aliphatic heterocycles. The second-order valence-corrected chi connectivity index (χ2v) is 31.5. The Kier molecular flexibility index (Phi) is 51.9. The Hall–Kier alpha value is 0.174. The molecule has 0 saturated carbocycles. The van der Waals surface area contributed by atoms with Crippen LogP contribution in [0.2, 0.25) is 0 Å². The molecule has 0 aromatic heterocycles. The van der Waals surface area contributed by atoms with E-state index in [2.05, 4.69) is 169 Å². The van der Waals surface area contributed by atoms with Crippen LogP contribution in [-0.2, 0) is 51.1 Å². The van der Waals surface area contributed by atoms with Gasteiger partial charge >= 0.3 is 54.0 Å². The van der Waals surface area contributed by atoms with Crippen LogP contribution in [-0.4, -0.2) is 104 Å². The number of hydrogen-bond acceptors (Lipinski definition) is 11. The smallest absolute Gasteiger partial charge is 0.662 e. The van der Waals surface area contributed by atoms with Crippen LogP contribution in [0.15, 0.2) is 60.7 Å². The largest absolute Gasteiger partial charge is 1.00 e. The molecule has 2 N–H and O–H groups in total. The van der Waals surface area contributed by atoms with Gasteiger partial charge in [-0.05, 0) is 74.6 Å². The van der Waals surface area contributed by atoms with Gasteiger partial charge in [-0.1, -0.05) is 208 Å². The number of hydrogen-bond donors (Lipinski definition) is 2. The summed E-state index contributed by atoms with van der Waals surface area (Å²) in [6.45, 7) is 22.5. The molecule has 25 heteroatoms. The summed E-state index contributed by atoms with van der Waals surface area (Å²) in [5.74, 6) is 1.62. The second kappa shape index (κ2) is 49.0. The number of alkyl halides is 5. The standard InChI is InChI=1S/2C14H15N3O2.2C8H14N2.CHI3.CH2I2.CH2I.CH2O3.CH4.Na.V/c2*1-15-13-8-7-12-9-16(13)14(18)17(12)19-10-11-5-3-2-4-6-11;2*1-2-7-3-4-8(5-9)10-6-7;2-1(3)4;2-1-3;1-2;2-1-4-3;;;/h2*2-6,12-13H,7-10H2;2*7-8,10H,2-4,6H2,1H3;1H;1H2;1H2;1,3H;1H4;;/q;;;;;;-1;;;+1;/p-1/t12-,13+;12-,13-;2*7?,8-;;;;;;;/m1000......./s1. The number of carbonyl (C=O) groups is 3. The number of hydroxylamine groups is 4. The number of halogens is 6. The first-order valence-corrected chi connectivity index (χ1v) is 31.2. The summed E-state index contributed by atoms with van der Waals surface area (Å²) >= 11 is 13.4. The zero-order valence-corrected chi connectivity index (χ0v) is 57.8. The minimum absolute atomic E-state index is 0. The van der Waals surface area contributed by atoms with Gasteiger partial charge < -0.3 is 43.4 Å². The number of amides is 4. The van der Waals surface area contributed by atoms with Gasteiger partial charge in [-0.3, -0.25) is 38.9 Å². The Morgan fingerprint density at radius 1 is 0.730 bits per heavy atom. The third kappa shape index (κ3) is 30.7. The van der Waals surface area contributed by atoms with Crippen LogP contribution in [0, 0.1) is 52.6 Å².